The van der Waals surface area contributed by atoms with Crippen LogP contribution in [0, 0.1) is 5.41 Å². The molecule has 1 aromatic rings. The minimum atomic E-state index is -1.35. The molecule has 3 N–H and O–H groups in total. The van der Waals surface area contributed by atoms with Crippen LogP contribution < -0.4 is 0 Å². The highest BCUT2D eigenvalue weighted by atomic mass is 16.3. The molecule has 0 radical (unpaired) electrons. The molecule has 1 unspecified atom stereocenters. The SMILES string of the molecule is CC1(C)CCCC2(C)C1=CC(=O)c1cc(C(C)(C)O)c(O)c(O)c12. The van der Waals surface area contributed by atoms with E-state index in [0.717, 1.165) is 24.8 Å². The van der Waals surface area contributed by atoms with Crippen molar-refractivity contribution in [3.8, 4) is 11.5 Å². The van der Waals surface area contributed by atoms with Crippen LogP contribution in [0.15, 0.2) is 17.7 Å². The average Bonchev–Trinajstić information content (AvgIpc) is 2.43. The fraction of sp³-hybridized carbons (Fsp3) is 0.550. The quantitative estimate of drug-likeness (QED) is 0.682. The Bertz CT molecular complexity index is 765. The van der Waals surface area contributed by atoms with Crippen molar-refractivity contribution < 1.29 is 20.1 Å². The molecule has 2 aliphatic rings. The average molecular weight is 330 g/mol. The lowest BCUT2D eigenvalue weighted by atomic mass is 9.55. The van der Waals surface area contributed by atoms with Gasteiger partial charge in [0.05, 0.1) is 5.60 Å². The first-order chi connectivity index (χ1) is 10.9. The van der Waals surface area contributed by atoms with E-state index in [0.29, 0.717) is 11.1 Å². The number of carbonyl (C=O) groups excluding carboxylic acids is 1. The second-order valence-electron chi connectivity index (χ2n) is 8.59. The zero-order valence-corrected chi connectivity index (χ0v) is 15.0. The van der Waals surface area contributed by atoms with Crippen LogP contribution in [0.4, 0.5) is 0 Å². The van der Waals surface area contributed by atoms with Crippen molar-refractivity contribution >= 4 is 5.78 Å². The summed E-state index contributed by atoms with van der Waals surface area (Å²) in [4.78, 5) is 12.8. The van der Waals surface area contributed by atoms with Gasteiger partial charge in [-0.15, -0.1) is 0 Å². The third-order valence-corrected chi connectivity index (χ3v) is 5.83. The normalized spacial score (nSPS) is 25.8. The molecule has 1 saturated carbocycles. The van der Waals surface area contributed by atoms with Gasteiger partial charge in [-0.2, -0.15) is 0 Å². The van der Waals surface area contributed by atoms with Gasteiger partial charge < -0.3 is 15.3 Å². The molecule has 0 bridgehead atoms. The molecule has 1 aromatic carbocycles. The fourth-order valence-electron chi connectivity index (χ4n) is 4.60. The van der Waals surface area contributed by atoms with Crippen LogP contribution in [-0.4, -0.2) is 21.1 Å². The van der Waals surface area contributed by atoms with Crippen LogP contribution in [0.1, 0.15) is 75.4 Å². The zero-order valence-electron chi connectivity index (χ0n) is 15.0. The van der Waals surface area contributed by atoms with Gasteiger partial charge in [0, 0.05) is 22.1 Å². The number of benzene rings is 1. The smallest absolute Gasteiger partial charge is 0.186 e. The lowest BCUT2D eigenvalue weighted by Crippen LogP contribution is -2.41. The molecule has 24 heavy (non-hydrogen) atoms. The van der Waals surface area contributed by atoms with Crippen molar-refractivity contribution in [1.82, 2.24) is 0 Å². The predicted molar refractivity (Wildman–Crippen MR) is 92.4 cm³/mol. The van der Waals surface area contributed by atoms with Crippen LogP contribution >= 0.6 is 0 Å². The highest BCUT2D eigenvalue weighted by Crippen LogP contribution is 2.58. The van der Waals surface area contributed by atoms with Crippen LogP contribution in [0.5, 0.6) is 11.5 Å². The summed E-state index contributed by atoms with van der Waals surface area (Å²) in [7, 11) is 0. The van der Waals surface area contributed by atoms with Crippen molar-refractivity contribution in [1.29, 1.82) is 0 Å². The molecule has 0 saturated heterocycles. The molecular weight excluding hydrogens is 304 g/mol. The van der Waals surface area contributed by atoms with E-state index in [1.807, 2.05) is 6.92 Å². The maximum atomic E-state index is 12.8. The molecule has 4 nitrogen and oxygen atoms in total. The molecule has 0 heterocycles. The number of rotatable bonds is 1. The van der Waals surface area contributed by atoms with Gasteiger partial charge in [-0.1, -0.05) is 32.8 Å². The Balaban J connectivity index is 2.34. The molecule has 1 atom stereocenters. The van der Waals surface area contributed by atoms with E-state index in [1.54, 1.807) is 6.08 Å². The zero-order chi connectivity index (χ0) is 18.1. The van der Waals surface area contributed by atoms with Crippen molar-refractivity contribution in [3.05, 3.63) is 34.4 Å². The van der Waals surface area contributed by atoms with E-state index in [9.17, 15) is 20.1 Å². The van der Waals surface area contributed by atoms with Crippen LogP contribution in [-0.2, 0) is 11.0 Å². The van der Waals surface area contributed by atoms with E-state index >= 15 is 0 Å². The molecule has 4 heteroatoms. The van der Waals surface area contributed by atoms with E-state index in [1.165, 1.54) is 19.9 Å². The van der Waals surface area contributed by atoms with Crippen LogP contribution in [0.2, 0.25) is 0 Å². The number of phenols is 2. The maximum absolute atomic E-state index is 12.8. The second-order valence-corrected chi connectivity index (χ2v) is 8.59. The standard InChI is InChI=1S/C20H26O4/c1-18(2)7-6-8-20(5)14(18)10-13(21)11-9-12(19(3,4)24)16(22)17(23)15(11)20/h9-10,22-24H,6-8H2,1-5H3. The van der Waals surface area contributed by atoms with Crippen LogP contribution in [0.25, 0.3) is 0 Å². The minimum absolute atomic E-state index is 0.128. The molecule has 130 valence electrons. The van der Waals surface area contributed by atoms with Gasteiger partial charge in [-0.3, -0.25) is 4.79 Å². The topological polar surface area (TPSA) is 77.8 Å². The Labute approximate surface area is 142 Å². The van der Waals surface area contributed by atoms with Crippen molar-refractivity contribution in [2.45, 2.75) is 64.9 Å². The number of aromatic hydroxyl groups is 2. The van der Waals surface area contributed by atoms with E-state index in [4.69, 9.17) is 0 Å². The summed E-state index contributed by atoms with van der Waals surface area (Å²) in [6, 6.07) is 1.53. The van der Waals surface area contributed by atoms with E-state index in [-0.39, 0.29) is 28.3 Å². The summed E-state index contributed by atoms with van der Waals surface area (Å²) < 4.78 is 0. The van der Waals surface area contributed by atoms with Gasteiger partial charge in [0.2, 0.25) is 0 Å². The fourth-order valence-corrected chi connectivity index (χ4v) is 4.60. The number of ketones is 1. The number of phenolic OH excluding ortho intramolecular Hbond substituents is 2. The third-order valence-electron chi connectivity index (χ3n) is 5.83. The van der Waals surface area contributed by atoms with E-state index in [2.05, 4.69) is 13.8 Å². The summed E-state index contributed by atoms with van der Waals surface area (Å²) in [6.07, 6.45) is 4.50. The lowest BCUT2D eigenvalue weighted by molar-refractivity contribution is 0.0750. The van der Waals surface area contributed by atoms with Gasteiger partial charge in [-0.05, 0) is 44.2 Å². The highest BCUT2D eigenvalue weighted by molar-refractivity contribution is 6.09. The molecule has 3 rings (SSSR count). The van der Waals surface area contributed by atoms with Gasteiger partial charge >= 0.3 is 0 Å². The number of hydrogen-bond acceptors (Lipinski definition) is 4. The highest BCUT2D eigenvalue weighted by Gasteiger charge is 2.49. The molecule has 1 fully saturated rings. The first-order valence-corrected chi connectivity index (χ1v) is 8.49. The third kappa shape index (κ3) is 2.20. The van der Waals surface area contributed by atoms with Gasteiger partial charge in [-0.25, -0.2) is 0 Å². The Morgan fingerprint density at radius 3 is 2.29 bits per heavy atom. The van der Waals surface area contributed by atoms with Crippen molar-refractivity contribution in [3.63, 3.8) is 0 Å². The first-order valence-electron chi connectivity index (χ1n) is 8.49. The number of aliphatic hydroxyl groups is 1. The summed E-state index contributed by atoms with van der Waals surface area (Å²) in [5.41, 5.74) is 0.108. The largest absolute Gasteiger partial charge is 0.504 e. The monoisotopic (exact) mass is 330 g/mol. The molecule has 0 amide bonds. The van der Waals surface area contributed by atoms with Gasteiger partial charge in [0.1, 0.15) is 0 Å². The Kier molecular flexibility index (Phi) is 3.44. The molecule has 0 aromatic heterocycles. The van der Waals surface area contributed by atoms with Gasteiger partial charge in [0.25, 0.3) is 0 Å². The van der Waals surface area contributed by atoms with Crippen molar-refractivity contribution in [2.24, 2.45) is 5.41 Å². The molecule has 0 aliphatic heterocycles. The van der Waals surface area contributed by atoms with Gasteiger partial charge in [0.15, 0.2) is 17.3 Å². The number of hydrogen-bond donors (Lipinski definition) is 3. The molecular formula is C20H26O4. The summed E-state index contributed by atoms with van der Waals surface area (Å²) in [6.45, 7) is 9.32. The van der Waals surface area contributed by atoms with Crippen LogP contribution in [0.3, 0.4) is 0 Å². The van der Waals surface area contributed by atoms with Crippen molar-refractivity contribution in [2.75, 3.05) is 0 Å². The Morgan fingerprint density at radius 1 is 1.08 bits per heavy atom. The summed E-state index contributed by atoms with van der Waals surface area (Å²) in [5, 5.41) is 31.5. The number of fused-ring (bicyclic) bond motifs is 3. The minimum Gasteiger partial charge on any atom is -0.504 e. The second kappa shape index (κ2) is 4.85. The summed E-state index contributed by atoms with van der Waals surface area (Å²) >= 11 is 0. The maximum Gasteiger partial charge on any atom is 0.186 e. The first kappa shape index (κ1) is 17.0. The lowest BCUT2D eigenvalue weighted by Gasteiger charge is -2.49. The number of allylic oxidation sites excluding steroid dienone is 2. The summed E-state index contributed by atoms with van der Waals surface area (Å²) in [5.74, 6) is -0.781. The van der Waals surface area contributed by atoms with E-state index < -0.39 is 11.0 Å². The number of carbonyl (C=O) groups is 1. The Morgan fingerprint density at radius 2 is 1.71 bits per heavy atom. The molecule has 2 aliphatic carbocycles. The predicted octanol–water partition coefficient (Wildman–Crippen LogP) is 3.92. The Hall–Kier alpha value is -1.81. The molecule has 0 spiro atoms.